The summed E-state index contributed by atoms with van der Waals surface area (Å²) in [5, 5.41) is 15.5. The summed E-state index contributed by atoms with van der Waals surface area (Å²) in [6, 6.07) is 6.95. The lowest BCUT2D eigenvalue weighted by Gasteiger charge is -2.32. The van der Waals surface area contributed by atoms with Gasteiger partial charge in [-0.2, -0.15) is 0 Å². The van der Waals surface area contributed by atoms with Gasteiger partial charge in [0, 0.05) is 37.8 Å². The average molecular weight is 349 g/mol. The van der Waals surface area contributed by atoms with Crippen molar-refractivity contribution in [3.63, 3.8) is 0 Å². The molecule has 138 valence electrons. The molecule has 1 saturated heterocycles. The molecule has 1 aromatic rings. The maximum absolute atomic E-state index is 13.7. The summed E-state index contributed by atoms with van der Waals surface area (Å²) in [5.41, 5.74) is 0.727. The second-order valence-corrected chi connectivity index (χ2v) is 7.33. The predicted octanol–water partition coefficient (Wildman–Crippen LogP) is 2.25. The number of likely N-dealkylation sites (tertiary alicyclic amines) is 1. The van der Waals surface area contributed by atoms with Crippen molar-refractivity contribution >= 4 is 6.03 Å². The smallest absolute Gasteiger partial charge is 0.315 e. The molecule has 1 aliphatic carbocycles. The van der Waals surface area contributed by atoms with Crippen LogP contribution in [0.15, 0.2) is 24.3 Å². The second-order valence-electron chi connectivity index (χ2n) is 7.33. The molecule has 3 rings (SSSR count). The molecule has 0 spiro atoms. The zero-order valence-corrected chi connectivity index (χ0v) is 14.6. The molecule has 5 nitrogen and oxygen atoms in total. The van der Waals surface area contributed by atoms with E-state index in [1.165, 1.54) is 6.07 Å². The minimum Gasteiger partial charge on any atom is -0.393 e. The number of aliphatic hydroxyl groups excluding tert-OH is 1. The number of aliphatic hydroxyl groups is 1. The third kappa shape index (κ3) is 5.41. The van der Waals surface area contributed by atoms with Crippen molar-refractivity contribution < 1.29 is 14.3 Å². The van der Waals surface area contributed by atoms with Gasteiger partial charge in [0.1, 0.15) is 5.82 Å². The highest BCUT2D eigenvalue weighted by Crippen LogP contribution is 2.24. The fourth-order valence-electron chi connectivity index (χ4n) is 3.81. The van der Waals surface area contributed by atoms with E-state index in [1.54, 1.807) is 6.07 Å². The third-order valence-electron chi connectivity index (χ3n) is 5.34. The van der Waals surface area contributed by atoms with E-state index in [2.05, 4.69) is 15.5 Å². The highest BCUT2D eigenvalue weighted by Gasteiger charge is 2.24. The zero-order chi connectivity index (χ0) is 17.6. The first-order valence-corrected chi connectivity index (χ1v) is 9.28. The number of amides is 2. The molecule has 1 saturated carbocycles. The number of benzene rings is 1. The van der Waals surface area contributed by atoms with Gasteiger partial charge < -0.3 is 15.7 Å². The third-order valence-corrected chi connectivity index (χ3v) is 5.34. The van der Waals surface area contributed by atoms with E-state index in [4.69, 9.17) is 0 Å². The van der Waals surface area contributed by atoms with Crippen LogP contribution in [0.25, 0.3) is 0 Å². The van der Waals surface area contributed by atoms with Crippen LogP contribution in [-0.4, -0.2) is 47.8 Å². The number of hydrogen-bond acceptors (Lipinski definition) is 3. The van der Waals surface area contributed by atoms with Crippen LogP contribution < -0.4 is 10.6 Å². The maximum Gasteiger partial charge on any atom is 0.315 e. The van der Waals surface area contributed by atoms with Crippen molar-refractivity contribution in [2.75, 3.05) is 19.6 Å². The Bertz CT molecular complexity index is 576. The van der Waals surface area contributed by atoms with Gasteiger partial charge in [0.2, 0.25) is 0 Å². The molecule has 25 heavy (non-hydrogen) atoms. The molecular formula is C19H28FN3O2. The van der Waals surface area contributed by atoms with Crippen LogP contribution in [0.2, 0.25) is 0 Å². The van der Waals surface area contributed by atoms with Crippen LogP contribution in [0, 0.1) is 11.7 Å². The molecule has 1 heterocycles. The Hall–Kier alpha value is -1.66. The first-order chi connectivity index (χ1) is 12.1. The van der Waals surface area contributed by atoms with E-state index in [9.17, 15) is 14.3 Å². The van der Waals surface area contributed by atoms with Crippen LogP contribution >= 0.6 is 0 Å². The monoisotopic (exact) mass is 349 g/mol. The molecule has 0 unspecified atom stereocenters. The molecule has 6 heteroatoms. The Morgan fingerprint density at radius 1 is 1.20 bits per heavy atom. The summed E-state index contributed by atoms with van der Waals surface area (Å²) in [6.45, 7) is 2.97. The molecule has 0 bridgehead atoms. The Kier molecular flexibility index (Phi) is 6.26. The lowest BCUT2D eigenvalue weighted by atomic mass is 10.0. The van der Waals surface area contributed by atoms with Gasteiger partial charge in [-0.25, -0.2) is 9.18 Å². The molecule has 2 fully saturated rings. The number of nitrogens with zero attached hydrogens (tertiary/aromatic N) is 1. The number of carbonyl (C=O) groups is 1. The zero-order valence-electron chi connectivity index (χ0n) is 14.6. The minimum atomic E-state index is -0.200. The van der Waals surface area contributed by atoms with E-state index in [-0.39, 0.29) is 24.0 Å². The summed E-state index contributed by atoms with van der Waals surface area (Å²) >= 11 is 0. The Morgan fingerprint density at radius 3 is 2.64 bits per heavy atom. The lowest BCUT2D eigenvalue weighted by Crippen LogP contribution is -2.48. The van der Waals surface area contributed by atoms with Crippen LogP contribution in [0.4, 0.5) is 9.18 Å². The van der Waals surface area contributed by atoms with E-state index in [1.807, 2.05) is 12.1 Å². The van der Waals surface area contributed by atoms with Crippen molar-refractivity contribution in [2.24, 2.45) is 5.92 Å². The van der Waals surface area contributed by atoms with Gasteiger partial charge in [-0.1, -0.05) is 18.2 Å². The van der Waals surface area contributed by atoms with Crippen molar-refractivity contribution in [1.29, 1.82) is 0 Å². The van der Waals surface area contributed by atoms with Crippen LogP contribution in [-0.2, 0) is 6.54 Å². The first-order valence-electron chi connectivity index (χ1n) is 9.28. The number of urea groups is 1. The van der Waals surface area contributed by atoms with E-state index < -0.39 is 0 Å². The molecule has 2 amide bonds. The number of piperidine rings is 1. The predicted molar refractivity (Wildman–Crippen MR) is 94.6 cm³/mol. The SMILES string of the molecule is O=C(NC[C@@H]1CC[C@H](O)C1)NC1CCN(Cc2ccccc2F)CC1. The largest absolute Gasteiger partial charge is 0.393 e. The molecule has 0 radical (unpaired) electrons. The Labute approximate surface area is 148 Å². The fraction of sp³-hybridized carbons (Fsp3) is 0.632. The molecule has 2 atom stereocenters. The van der Waals surface area contributed by atoms with Crippen LogP contribution in [0.5, 0.6) is 0 Å². The second kappa shape index (κ2) is 8.63. The number of rotatable bonds is 5. The summed E-state index contributed by atoms with van der Waals surface area (Å²) in [4.78, 5) is 14.2. The van der Waals surface area contributed by atoms with Crippen molar-refractivity contribution in [1.82, 2.24) is 15.5 Å². The normalized spacial score (nSPS) is 25.0. The summed E-state index contributed by atoms with van der Waals surface area (Å²) in [6.07, 6.45) is 4.17. The van der Waals surface area contributed by atoms with Gasteiger partial charge in [-0.05, 0) is 44.1 Å². The molecule has 0 aromatic heterocycles. The van der Waals surface area contributed by atoms with Gasteiger partial charge in [0.15, 0.2) is 0 Å². The summed E-state index contributed by atoms with van der Waals surface area (Å²) in [5.74, 6) is 0.238. The van der Waals surface area contributed by atoms with Gasteiger partial charge >= 0.3 is 6.03 Å². The quantitative estimate of drug-likeness (QED) is 0.764. The Morgan fingerprint density at radius 2 is 1.96 bits per heavy atom. The van der Waals surface area contributed by atoms with Gasteiger partial charge in [0.05, 0.1) is 6.10 Å². The van der Waals surface area contributed by atoms with Gasteiger partial charge in [-0.15, -0.1) is 0 Å². The van der Waals surface area contributed by atoms with Gasteiger partial charge in [-0.3, -0.25) is 4.90 Å². The molecular weight excluding hydrogens is 321 g/mol. The van der Waals surface area contributed by atoms with Crippen LogP contribution in [0.3, 0.4) is 0 Å². The van der Waals surface area contributed by atoms with E-state index in [0.29, 0.717) is 19.0 Å². The van der Waals surface area contributed by atoms with Crippen molar-refractivity contribution in [3.8, 4) is 0 Å². The summed E-state index contributed by atoms with van der Waals surface area (Å²) in [7, 11) is 0. The van der Waals surface area contributed by atoms with Crippen molar-refractivity contribution in [2.45, 2.75) is 50.8 Å². The van der Waals surface area contributed by atoms with E-state index >= 15 is 0 Å². The summed E-state index contributed by atoms with van der Waals surface area (Å²) < 4.78 is 13.7. The van der Waals surface area contributed by atoms with Crippen LogP contribution in [0.1, 0.15) is 37.7 Å². The highest BCUT2D eigenvalue weighted by molar-refractivity contribution is 5.74. The number of nitrogens with one attached hydrogen (secondary N) is 2. The number of hydrogen-bond donors (Lipinski definition) is 3. The van der Waals surface area contributed by atoms with E-state index in [0.717, 1.165) is 50.8 Å². The number of carbonyl (C=O) groups excluding carboxylic acids is 1. The topological polar surface area (TPSA) is 64.6 Å². The van der Waals surface area contributed by atoms with Gasteiger partial charge in [0.25, 0.3) is 0 Å². The first kappa shape index (κ1) is 18.1. The molecule has 3 N–H and O–H groups in total. The van der Waals surface area contributed by atoms with Crippen molar-refractivity contribution in [3.05, 3.63) is 35.6 Å². The molecule has 1 aliphatic heterocycles. The molecule has 1 aromatic carbocycles. The molecule has 2 aliphatic rings. The lowest BCUT2D eigenvalue weighted by molar-refractivity contribution is 0.176. The number of halogens is 1. The Balaban J connectivity index is 1.34. The highest BCUT2D eigenvalue weighted by atomic mass is 19.1. The average Bonchev–Trinajstić information content (AvgIpc) is 3.02. The fourth-order valence-corrected chi connectivity index (χ4v) is 3.81. The maximum atomic E-state index is 13.7. The standard InChI is InChI=1S/C19H28FN3O2/c20-18-4-2-1-3-15(18)13-23-9-7-16(8-10-23)22-19(25)21-12-14-5-6-17(24)11-14/h1-4,14,16-17,24H,5-13H2,(H2,21,22,25)/t14-,17+/m1/s1. The minimum absolute atomic E-state index is 0.117.